The third-order valence-corrected chi connectivity index (χ3v) is 8.61. The first-order chi connectivity index (χ1) is 17.5. The Morgan fingerprint density at radius 3 is 1.83 bits per heavy atom. The molecule has 0 spiro atoms. The van der Waals surface area contributed by atoms with E-state index in [1.807, 2.05) is 0 Å². The number of benzene rings is 3. The normalized spacial score (nSPS) is 21.8. The Morgan fingerprint density at radius 1 is 0.667 bits per heavy atom. The molecule has 2 aliphatic carbocycles. The molecule has 3 unspecified atom stereocenters. The highest BCUT2D eigenvalue weighted by atomic mass is 14.5. The standard InChI is InChI=1S/C36H38/c1-25-15-6-10-20-30(25)35-29(5)19-14-24-34(35)36(31-21-11-7-16-26(31)2,32-22-12-8-17-27(32)3)33-23-13-9-18-28(33)4/h6-22,24,29,33,35H,23H2,1-5H3. The summed E-state index contributed by atoms with van der Waals surface area (Å²) in [5.41, 5.74) is 11.1. The second kappa shape index (κ2) is 9.94. The molecule has 0 aliphatic heterocycles. The van der Waals surface area contributed by atoms with Crippen molar-refractivity contribution >= 4 is 0 Å². The molecule has 3 aromatic carbocycles. The van der Waals surface area contributed by atoms with Crippen LogP contribution in [0.4, 0.5) is 0 Å². The molecule has 182 valence electrons. The molecule has 0 heteroatoms. The summed E-state index contributed by atoms with van der Waals surface area (Å²) in [7, 11) is 0. The summed E-state index contributed by atoms with van der Waals surface area (Å²) in [5.74, 6) is 1.04. The van der Waals surface area contributed by atoms with Crippen LogP contribution >= 0.6 is 0 Å². The van der Waals surface area contributed by atoms with Crippen molar-refractivity contribution in [1.82, 2.24) is 0 Å². The van der Waals surface area contributed by atoms with Crippen LogP contribution in [-0.4, -0.2) is 0 Å². The van der Waals surface area contributed by atoms with Crippen molar-refractivity contribution in [3.63, 3.8) is 0 Å². The highest BCUT2D eigenvalue weighted by molar-refractivity contribution is 5.61. The molecule has 3 aromatic rings. The molecule has 0 amide bonds. The van der Waals surface area contributed by atoms with Crippen LogP contribution in [0.15, 0.2) is 120 Å². The zero-order valence-corrected chi connectivity index (χ0v) is 22.3. The molecule has 0 N–H and O–H groups in total. The van der Waals surface area contributed by atoms with E-state index in [0.29, 0.717) is 17.8 Å². The van der Waals surface area contributed by atoms with Gasteiger partial charge in [-0.25, -0.2) is 0 Å². The fourth-order valence-corrected chi connectivity index (χ4v) is 6.91. The summed E-state index contributed by atoms with van der Waals surface area (Å²) in [4.78, 5) is 0. The Bertz CT molecular complexity index is 1330. The van der Waals surface area contributed by atoms with E-state index in [4.69, 9.17) is 0 Å². The summed E-state index contributed by atoms with van der Waals surface area (Å²) in [6.07, 6.45) is 15.1. The van der Waals surface area contributed by atoms with E-state index in [9.17, 15) is 0 Å². The van der Waals surface area contributed by atoms with Crippen molar-refractivity contribution in [2.75, 3.05) is 0 Å². The summed E-state index contributed by atoms with van der Waals surface area (Å²) < 4.78 is 0. The van der Waals surface area contributed by atoms with Crippen LogP contribution in [0, 0.1) is 32.6 Å². The van der Waals surface area contributed by atoms with E-state index in [1.165, 1.54) is 44.5 Å². The quantitative estimate of drug-likeness (QED) is 0.348. The molecular weight excluding hydrogens is 432 g/mol. The Kier molecular flexibility index (Phi) is 6.71. The molecule has 3 atom stereocenters. The summed E-state index contributed by atoms with van der Waals surface area (Å²) in [6, 6.07) is 27.2. The van der Waals surface area contributed by atoms with Crippen molar-refractivity contribution in [3.8, 4) is 0 Å². The second-order valence-corrected chi connectivity index (χ2v) is 10.8. The molecule has 2 aliphatic rings. The Balaban J connectivity index is 1.93. The van der Waals surface area contributed by atoms with Crippen LogP contribution in [0.2, 0.25) is 0 Å². The Morgan fingerprint density at radius 2 is 1.25 bits per heavy atom. The van der Waals surface area contributed by atoms with Crippen LogP contribution in [0.5, 0.6) is 0 Å². The molecule has 0 bridgehead atoms. The van der Waals surface area contributed by atoms with Gasteiger partial charge >= 0.3 is 0 Å². The van der Waals surface area contributed by atoms with Gasteiger partial charge in [0.15, 0.2) is 0 Å². The minimum atomic E-state index is -0.284. The van der Waals surface area contributed by atoms with E-state index in [0.717, 1.165) is 6.42 Å². The lowest BCUT2D eigenvalue weighted by Gasteiger charge is -2.50. The van der Waals surface area contributed by atoms with Gasteiger partial charge in [0, 0.05) is 17.3 Å². The van der Waals surface area contributed by atoms with Crippen molar-refractivity contribution in [2.24, 2.45) is 11.8 Å². The maximum atomic E-state index is 2.46. The first kappa shape index (κ1) is 24.3. The smallest absolute Gasteiger partial charge is 0.0493 e. The molecule has 0 saturated heterocycles. The van der Waals surface area contributed by atoms with Gasteiger partial charge in [-0.3, -0.25) is 0 Å². The molecule has 36 heavy (non-hydrogen) atoms. The lowest BCUT2D eigenvalue weighted by molar-refractivity contribution is 0.378. The van der Waals surface area contributed by atoms with Crippen LogP contribution in [0.3, 0.4) is 0 Å². The first-order valence-corrected chi connectivity index (χ1v) is 13.4. The van der Waals surface area contributed by atoms with Gasteiger partial charge < -0.3 is 0 Å². The van der Waals surface area contributed by atoms with Gasteiger partial charge in [-0.05, 0) is 79.0 Å². The minimum absolute atomic E-state index is 0.284. The minimum Gasteiger partial charge on any atom is -0.0839 e. The molecule has 0 saturated carbocycles. The van der Waals surface area contributed by atoms with E-state index in [1.54, 1.807) is 0 Å². The highest BCUT2D eigenvalue weighted by Crippen LogP contribution is 2.57. The monoisotopic (exact) mass is 470 g/mol. The number of aryl methyl sites for hydroxylation is 3. The number of allylic oxidation sites excluding steroid dienone is 8. The number of hydrogen-bond donors (Lipinski definition) is 0. The van der Waals surface area contributed by atoms with E-state index in [2.05, 4.69) is 144 Å². The molecule has 0 heterocycles. The summed E-state index contributed by atoms with van der Waals surface area (Å²) in [6.45, 7) is 11.6. The van der Waals surface area contributed by atoms with Gasteiger partial charge in [-0.15, -0.1) is 0 Å². The van der Waals surface area contributed by atoms with Gasteiger partial charge in [0.2, 0.25) is 0 Å². The lowest BCUT2D eigenvalue weighted by atomic mass is 9.52. The fourth-order valence-electron chi connectivity index (χ4n) is 6.91. The fraction of sp³-hybridized carbons (Fsp3) is 0.278. The van der Waals surface area contributed by atoms with Gasteiger partial charge in [-0.1, -0.05) is 122 Å². The number of rotatable bonds is 5. The average Bonchev–Trinajstić information content (AvgIpc) is 2.88. The highest BCUT2D eigenvalue weighted by Gasteiger charge is 2.50. The van der Waals surface area contributed by atoms with Crippen molar-refractivity contribution in [1.29, 1.82) is 0 Å². The predicted molar refractivity (Wildman–Crippen MR) is 154 cm³/mol. The molecule has 0 aromatic heterocycles. The Hall–Kier alpha value is -3.38. The van der Waals surface area contributed by atoms with Crippen molar-refractivity contribution < 1.29 is 0 Å². The van der Waals surface area contributed by atoms with E-state index >= 15 is 0 Å². The molecular formula is C36H38. The lowest BCUT2D eigenvalue weighted by Crippen LogP contribution is -2.44. The van der Waals surface area contributed by atoms with Crippen molar-refractivity contribution in [3.05, 3.63) is 154 Å². The third kappa shape index (κ3) is 3.94. The zero-order chi connectivity index (χ0) is 25.3. The van der Waals surface area contributed by atoms with Gasteiger partial charge in [0.25, 0.3) is 0 Å². The summed E-state index contributed by atoms with van der Waals surface area (Å²) >= 11 is 0. The summed E-state index contributed by atoms with van der Waals surface area (Å²) in [5, 5.41) is 0. The molecule has 0 fully saturated rings. The van der Waals surface area contributed by atoms with Crippen molar-refractivity contribution in [2.45, 2.75) is 52.4 Å². The van der Waals surface area contributed by atoms with Crippen LogP contribution in [0.1, 0.15) is 59.6 Å². The number of hydrogen-bond acceptors (Lipinski definition) is 0. The topological polar surface area (TPSA) is 0 Å². The van der Waals surface area contributed by atoms with Gasteiger partial charge in [0.05, 0.1) is 0 Å². The van der Waals surface area contributed by atoms with Crippen LogP contribution in [-0.2, 0) is 5.41 Å². The largest absolute Gasteiger partial charge is 0.0839 e. The molecule has 5 rings (SSSR count). The molecule has 0 nitrogen and oxygen atoms in total. The Labute approximate surface area is 217 Å². The predicted octanol–water partition coefficient (Wildman–Crippen LogP) is 9.34. The van der Waals surface area contributed by atoms with Crippen LogP contribution in [0.25, 0.3) is 0 Å². The first-order valence-electron chi connectivity index (χ1n) is 13.4. The zero-order valence-electron chi connectivity index (χ0n) is 22.3. The van der Waals surface area contributed by atoms with E-state index < -0.39 is 0 Å². The van der Waals surface area contributed by atoms with E-state index in [-0.39, 0.29) is 5.41 Å². The maximum absolute atomic E-state index is 2.46. The average molecular weight is 471 g/mol. The SMILES string of the molecule is CC1=CC=CCC1C(C1=CC=CC(C)C1c1ccccc1C)(c1ccccc1C)c1ccccc1C. The van der Waals surface area contributed by atoms with Crippen LogP contribution < -0.4 is 0 Å². The van der Waals surface area contributed by atoms with Gasteiger partial charge in [-0.2, -0.15) is 0 Å². The maximum Gasteiger partial charge on any atom is 0.0493 e. The second-order valence-electron chi connectivity index (χ2n) is 10.8. The molecule has 0 radical (unpaired) electrons. The van der Waals surface area contributed by atoms with Gasteiger partial charge in [0.1, 0.15) is 0 Å². The third-order valence-electron chi connectivity index (χ3n) is 8.61.